The lowest BCUT2D eigenvalue weighted by atomic mass is 9.99. The molecule has 27 heavy (non-hydrogen) atoms. The number of likely N-dealkylation sites (tertiary alicyclic amines) is 1. The van der Waals surface area contributed by atoms with E-state index in [1.165, 1.54) is 0 Å². The number of carbonyl (C=O) groups excluding carboxylic acids is 2. The predicted octanol–water partition coefficient (Wildman–Crippen LogP) is 3.62. The Balaban J connectivity index is 1.73. The molecule has 1 fully saturated rings. The summed E-state index contributed by atoms with van der Waals surface area (Å²) in [5, 5.41) is 0. The Kier molecular flexibility index (Phi) is 6.22. The number of benzene rings is 1. The van der Waals surface area contributed by atoms with Gasteiger partial charge in [0.05, 0.1) is 0 Å². The third-order valence-corrected chi connectivity index (χ3v) is 5.14. The highest BCUT2D eigenvalue weighted by Crippen LogP contribution is 2.18. The van der Waals surface area contributed by atoms with Gasteiger partial charge in [0.2, 0.25) is 0 Å². The van der Waals surface area contributed by atoms with Crippen molar-refractivity contribution >= 4 is 11.8 Å². The van der Waals surface area contributed by atoms with Crippen LogP contribution in [-0.4, -0.2) is 46.2 Å². The average molecular weight is 365 g/mol. The van der Waals surface area contributed by atoms with Gasteiger partial charge in [0.25, 0.3) is 11.8 Å². The van der Waals surface area contributed by atoms with Crippen molar-refractivity contribution in [2.75, 3.05) is 19.6 Å². The topological polar surface area (TPSA) is 53.5 Å². The number of aromatic nitrogens is 1. The molecule has 0 N–H and O–H groups in total. The van der Waals surface area contributed by atoms with Crippen LogP contribution in [0.4, 0.5) is 0 Å². The molecule has 1 aliphatic rings. The summed E-state index contributed by atoms with van der Waals surface area (Å²) in [6.07, 6.45) is 2.04. The fourth-order valence-corrected chi connectivity index (χ4v) is 3.34. The molecule has 0 bridgehead atoms. The van der Waals surface area contributed by atoms with Gasteiger partial charge in [-0.2, -0.15) is 0 Å². The van der Waals surface area contributed by atoms with E-state index >= 15 is 0 Å². The SMILES string of the molecule is CCN(Cc1ccccc1)C(=O)c1cccc(C(=O)N2CCC(C)CC2)n1. The minimum Gasteiger partial charge on any atom is -0.337 e. The maximum Gasteiger partial charge on any atom is 0.272 e. The number of pyridine rings is 1. The van der Waals surface area contributed by atoms with E-state index in [0.717, 1.165) is 31.5 Å². The van der Waals surface area contributed by atoms with Gasteiger partial charge < -0.3 is 9.80 Å². The van der Waals surface area contributed by atoms with Gasteiger partial charge in [-0.15, -0.1) is 0 Å². The van der Waals surface area contributed by atoms with Crippen molar-refractivity contribution in [3.63, 3.8) is 0 Å². The number of carbonyl (C=O) groups is 2. The molecule has 1 aromatic heterocycles. The number of amides is 2. The van der Waals surface area contributed by atoms with E-state index in [1.54, 1.807) is 23.1 Å². The summed E-state index contributed by atoms with van der Waals surface area (Å²) in [5.41, 5.74) is 1.75. The van der Waals surface area contributed by atoms with Gasteiger partial charge in [-0.3, -0.25) is 9.59 Å². The first-order chi connectivity index (χ1) is 13.1. The number of hydrogen-bond acceptors (Lipinski definition) is 3. The summed E-state index contributed by atoms with van der Waals surface area (Å²) in [6, 6.07) is 15.0. The lowest BCUT2D eigenvalue weighted by Crippen LogP contribution is -2.38. The average Bonchev–Trinajstić information content (AvgIpc) is 2.72. The van der Waals surface area contributed by atoms with Gasteiger partial charge in [0.15, 0.2) is 0 Å². The van der Waals surface area contributed by atoms with Gasteiger partial charge in [-0.1, -0.05) is 43.3 Å². The lowest BCUT2D eigenvalue weighted by Gasteiger charge is -2.30. The lowest BCUT2D eigenvalue weighted by molar-refractivity contribution is 0.0690. The molecule has 5 heteroatoms. The standard InChI is InChI=1S/C22H27N3O2/c1-3-24(16-18-8-5-4-6-9-18)21(26)19-10-7-11-20(23-19)22(27)25-14-12-17(2)13-15-25/h4-11,17H,3,12-16H2,1-2H3. The van der Waals surface area contributed by atoms with E-state index in [0.29, 0.717) is 30.4 Å². The van der Waals surface area contributed by atoms with Crippen molar-refractivity contribution in [1.29, 1.82) is 0 Å². The van der Waals surface area contributed by atoms with Crippen LogP contribution in [0.2, 0.25) is 0 Å². The molecule has 3 rings (SSSR count). The monoisotopic (exact) mass is 365 g/mol. The van der Waals surface area contributed by atoms with Crippen LogP contribution in [0.5, 0.6) is 0 Å². The zero-order valence-electron chi connectivity index (χ0n) is 16.1. The molecule has 0 radical (unpaired) electrons. The fraction of sp³-hybridized carbons (Fsp3) is 0.409. The molecule has 0 unspecified atom stereocenters. The van der Waals surface area contributed by atoms with E-state index in [-0.39, 0.29) is 11.8 Å². The molecule has 2 aromatic rings. The predicted molar refractivity (Wildman–Crippen MR) is 105 cm³/mol. The van der Waals surface area contributed by atoms with Gasteiger partial charge in [-0.05, 0) is 43.4 Å². The molecular formula is C22H27N3O2. The van der Waals surface area contributed by atoms with Crippen LogP contribution in [0.15, 0.2) is 48.5 Å². The highest BCUT2D eigenvalue weighted by atomic mass is 16.2. The summed E-state index contributed by atoms with van der Waals surface area (Å²) in [5.74, 6) is 0.428. The third kappa shape index (κ3) is 4.73. The van der Waals surface area contributed by atoms with Crippen LogP contribution < -0.4 is 0 Å². The van der Waals surface area contributed by atoms with Crippen molar-refractivity contribution in [2.45, 2.75) is 33.2 Å². The molecule has 5 nitrogen and oxygen atoms in total. The molecule has 2 heterocycles. The molecule has 1 saturated heterocycles. The molecule has 0 aliphatic carbocycles. The number of hydrogen-bond donors (Lipinski definition) is 0. The summed E-state index contributed by atoms with van der Waals surface area (Å²) < 4.78 is 0. The van der Waals surface area contributed by atoms with Crippen molar-refractivity contribution in [2.24, 2.45) is 5.92 Å². The Morgan fingerprint density at radius 1 is 1.04 bits per heavy atom. The molecule has 0 atom stereocenters. The van der Waals surface area contributed by atoms with Crippen LogP contribution in [0, 0.1) is 5.92 Å². The van der Waals surface area contributed by atoms with Crippen molar-refractivity contribution < 1.29 is 9.59 Å². The third-order valence-electron chi connectivity index (χ3n) is 5.14. The van der Waals surface area contributed by atoms with E-state index in [2.05, 4.69) is 11.9 Å². The van der Waals surface area contributed by atoms with Gasteiger partial charge in [0.1, 0.15) is 11.4 Å². The summed E-state index contributed by atoms with van der Waals surface area (Å²) in [6.45, 7) is 6.79. The van der Waals surface area contributed by atoms with Gasteiger partial charge >= 0.3 is 0 Å². The normalized spacial score (nSPS) is 14.8. The number of piperidine rings is 1. The Morgan fingerprint density at radius 2 is 1.70 bits per heavy atom. The second-order valence-electron chi connectivity index (χ2n) is 7.19. The first kappa shape index (κ1) is 19.1. The van der Waals surface area contributed by atoms with Crippen LogP contribution in [0.25, 0.3) is 0 Å². The Labute approximate surface area is 161 Å². The minimum absolute atomic E-state index is 0.0809. The Hall–Kier alpha value is -2.69. The van der Waals surface area contributed by atoms with Crippen LogP contribution in [0.1, 0.15) is 53.2 Å². The summed E-state index contributed by atoms with van der Waals surface area (Å²) in [4.78, 5) is 33.6. The first-order valence-electron chi connectivity index (χ1n) is 9.68. The summed E-state index contributed by atoms with van der Waals surface area (Å²) in [7, 11) is 0. The van der Waals surface area contributed by atoms with E-state index < -0.39 is 0 Å². The highest BCUT2D eigenvalue weighted by molar-refractivity contribution is 5.96. The maximum absolute atomic E-state index is 12.9. The minimum atomic E-state index is -0.150. The van der Waals surface area contributed by atoms with E-state index in [1.807, 2.05) is 42.2 Å². The largest absolute Gasteiger partial charge is 0.337 e. The summed E-state index contributed by atoms with van der Waals surface area (Å²) >= 11 is 0. The first-order valence-corrected chi connectivity index (χ1v) is 9.68. The fourth-order valence-electron chi connectivity index (χ4n) is 3.34. The van der Waals surface area contributed by atoms with E-state index in [4.69, 9.17) is 0 Å². The van der Waals surface area contributed by atoms with Crippen LogP contribution in [-0.2, 0) is 6.54 Å². The van der Waals surface area contributed by atoms with E-state index in [9.17, 15) is 9.59 Å². The van der Waals surface area contributed by atoms with Crippen molar-refractivity contribution in [3.8, 4) is 0 Å². The molecule has 1 aliphatic heterocycles. The smallest absolute Gasteiger partial charge is 0.272 e. The number of rotatable bonds is 5. The van der Waals surface area contributed by atoms with Gasteiger partial charge in [-0.25, -0.2) is 4.98 Å². The van der Waals surface area contributed by atoms with Crippen molar-refractivity contribution in [3.05, 3.63) is 65.5 Å². The highest BCUT2D eigenvalue weighted by Gasteiger charge is 2.24. The molecular weight excluding hydrogens is 338 g/mol. The Morgan fingerprint density at radius 3 is 2.37 bits per heavy atom. The quantitative estimate of drug-likeness (QED) is 0.813. The molecule has 142 valence electrons. The molecule has 0 spiro atoms. The maximum atomic E-state index is 12.9. The zero-order chi connectivity index (χ0) is 19.2. The molecule has 2 amide bonds. The Bertz CT molecular complexity index is 783. The van der Waals surface area contributed by atoms with Crippen molar-refractivity contribution in [1.82, 2.24) is 14.8 Å². The zero-order valence-corrected chi connectivity index (χ0v) is 16.1. The van der Waals surface area contributed by atoms with Crippen LogP contribution in [0.3, 0.4) is 0 Å². The molecule has 1 aromatic carbocycles. The second-order valence-corrected chi connectivity index (χ2v) is 7.19. The second kappa shape index (κ2) is 8.80. The number of nitrogens with zero attached hydrogens (tertiary/aromatic N) is 3. The van der Waals surface area contributed by atoms with Crippen LogP contribution >= 0.6 is 0 Å². The van der Waals surface area contributed by atoms with Gasteiger partial charge in [0, 0.05) is 26.2 Å². The molecule has 0 saturated carbocycles.